The molecule has 2 atom stereocenters. The monoisotopic (exact) mass is 500 g/mol. The van der Waals surface area contributed by atoms with E-state index in [0.717, 1.165) is 50.9 Å². The zero-order valence-corrected chi connectivity index (χ0v) is 21.6. The highest BCUT2D eigenvalue weighted by Crippen LogP contribution is 2.45. The van der Waals surface area contributed by atoms with Gasteiger partial charge in [0.15, 0.2) is 12.4 Å². The van der Waals surface area contributed by atoms with Gasteiger partial charge in [-0.2, -0.15) is 0 Å². The molecule has 6 rings (SSSR count). The van der Waals surface area contributed by atoms with Gasteiger partial charge in [-0.1, -0.05) is 71.8 Å². The first-order valence-electron chi connectivity index (χ1n) is 12.7. The van der Waals surface area contributed by atoms with Gasteiger partial charge in [0.25, 0.3) is 0 Å². The largest absolute Gasteiger partial charge is 0.478 e. The highest BCUT2D eigenvalue weighted by atomic mass is 16.5. The van der Waals surface area contributed by atoms with Gasteiger partial charge in [-0.3, -0.25) is 9.59 Å². The number of aromatic nitrogens is 1. The number of benzene rings is 3. The summed E-state index contributed by atoms with van der Waals surface area (Å²) in [5, 5.41) is 3.63. The first-order chi connectivity index (χ1) is 18.4. The van der Waals surface area contributed by atoms with Crippen molar-refractivity contribution in [3.05, 3.63) is 125 Å². The Morgan fingerprint density at radius 3 is 2.26 bits per heavy atom. The standard InChI is InChI=1S/C33H28N2O3/c1-20-7-12-23(13-8-20)29-27(19-36)35-17-5-4-6-26(35)30(29)31-33(32(37)24-14-9-21(2)10-15-24)38-28-18-22(3)11-16-25(28)34-31/h4-19,31,33-34H,1-3H3/t31-,33+/m0/s1. The van der Waals surface area contributed by atoms with Gasteiger partial charge in [0.2, 0.25) is 5.78 Å². The van der Waals surface area contributed by atoms with E-state index in [2.05, 4.69) is 5.32 Å². The summed E-state index contributed by atoms with van der Waals surface area (Å²) in [5.74, 6) is 0.523. The van der Waals surface area contributed by atoms with Crippen LogP contribution in [0.1, 0.15) is 49.1 Å². The minimum absolute atomic E-state index is 0.118. The molecule has 0 unspecified atom stereocenters. The molecule has 0 radical (unpaired) electrons. The zero-order chi connectivity index (χ0) is 26.4. The van der Waals surface area contributed by atoms with Crippen LogP contribution in [0.4, 0.5) is 5.69 Å². The Labute approximate surface area is 221 Å². The van der Waals surface area contributed by atoms with Crippen molar-refractivity contribution >= 4 is 23.3 Å². The van der Waals surface area contributed by atoms with Crippen molar-refractivity contribution in [2.75, 3.05) is 5.32 Å². The van der Waals surface area contributed by atoms with Gasteiger partial charge in [0, 0.05) is 22.9 Å². The van der Waals surface area contributed by atoms with E-state index in [1.807, 2.05) is 116 Å². The smallest absolute Gasteiger partial charge is 0.205 e. The van der Waals surface area contributed by atoms with Gasteiger partial charge in [-0.25, -0.2) is 0 Å². The molecular weight excluding hydrogens is 472 g/mol. The molecule has 2 aromatic heterocycles. The first-order valence-corrected chi connectivity index (χ1v) is 12.7. The highest BCUT2D eigenvalue weighted by molar-refractivity contribution is 6.02. The van der Waals surface area contributed by atoms with E-state index in [1.54, 1.807) is 0 Å². The topological polar surface area (TPSA) is 59.8 Å². The van der Waals surface area contributed by atoms with Crippen molar-refractivity contribution in [1.29, 1.82) is 0 Å². The van der Waals surface area contributed by atoms with Crippen LogP contribution in [-0.4, -0.2) is 22.6 Å². The average molecular weight is 501 g/mol. The lowest BCUT2D eigenvalue weighted by atomic mass is 9.88. The lowest BCUT2D eigenvalue weighted by Crippen LogP contribution is -2.41. The Balaban J connectivity index is 1.61. The molecular formula is C33H28N2O3. The van der Waals surface area contributed by atoms with Crippen LogP contribution in [-0.2, 0) is 0 Å². The van der Waals surface area contributed by atoms with Gasteiger partial charge < -0.3 is 14.5 Å². The molecule has 0 saturated heterocycles. The van der Waals surface area contributed by atoms with Crippen molar-refractivity contribution in [3.8, 4) is 16.9 Å². The molecule has 0 spiro atoms. The van der Waals surface area contributed by atoms with Crippen LogP contribution in [0.3, 0.4) is 0 Å². The van der Waals surface area contributed by atoms with Crippen LogP contribution in [0.25, 0.3) is 16.6 Å². The van der Waals surface area contributed by atoms with E-state index in [4.69, 9.17) is 4.74 Å². The van der Waals surface area contributed by atoms with E-state index in [1.165, 1.54) is 0 Å². The predicted molar refractivity (Wildman–Crippen MR) is 150 cm³/mol. The zero-order valence-electron chi connectivity index (χ0n) is 21.6. The highest BCUT2D eigenvalue weighted by Gasteiger charge is 2.40. The number of nitrogens with one attached hydrogen (secondary N) is 1. The minimum atomic E-state index is -0.845. The lowest BCUT2D eigenvalue weighted by Gasteiger charge is -2.35. The number of pyridine rings is 1. The number of hydrogen-bond acceptors (Lipinski definition) is 4. The van der Waals surface area contributed by atoms with E-state index in [9.17, 15) is 9.59 Å². The fourth-order valence-electron chi connectivity index (χ4n) is 5.32. The van der Waals surface area contributed by atoms with Gasteiger partial charge in [-0.15, -0.1) is 0 Å². The maximum Gasteiger partial charge on any atom is 0.205 e. The van der Waals surface area contributed by atoms with Gasteiger partial charge in [0.05, 0.1) is 22.9 Å². The average Bonchev–Trinajstić information content (AvgIpc) is 3.27. The number of carbonyl (C=O) groups excluding carboxylic acids is 2. The summed E-state index contributed by atoms with van der Waals surface area (Å²) in [6.07, 6.45) is 1.93. The number of hydrogen-bond donors (Lipinski definition) is 1. The van der Waals surface area contributed by atoms with E-state index >= 15 is 0 Å². The van der Waals surface area contributed by atoms with Gasteiger partial charge in [-0.05, 0) is 56.2 Å². The van der Waals surface area contributed by atoms with Crippen LogP contribution in [0.2, 0.25) is 0 Å². The number of rotatable bonds is 5. The summed E-state index contributed by atoms with van der Waals surface area (Å²) in [6, 6.07) is 26.9. The molecule has 0 amide bonds. The number of ether oxygens (including phenoxy) is 1. The second kappa shape index (κ2) is 9.34. The van der Waals surface area contributed by atoms with E-state index < -0.39 is 12.1 Å². The molecule has 0 fully saturated rings. The van der Waals surface area contributed by atoms with E-state index in [0.29, 0.717) is 17.0 Å². The van der Waals surface area contributed by atoms with Crippen LogP contribution < -0.4 is 10.1 Å². The quantitative estimate of drug-likeness (QED) is 0.206. The summed E-state index contributed by atoms with van der Waals surface area (Å²) in [7, 11) is 0. The second-order valence-corrected chi connectivity index (χ2v) is 10.0. The second-order valence-electron chi connectivity index (χ2n) is 10.0. The fourth-order valence-corrected chi connectivity index (χ4v) is 5.32. The molecule has 1 N–H and O–H groups in total. The SMILES string of the molecule is Cc1ccc(C(=O)[C@@H]2Oc3cc(C)ccc3N[C@H]2c2c(-c3ccc(C)cc3)c(C=O)n3ccccc23)cc1. The molecule has 5 aromatic rings. The summed E-state index contributed by atoms with van der Waals surface area (Å²) in [6.45, 7) is 6.03. The molecule has 38 heavy (non-hydrogen) atoms. The van der Waals surface area contributed by atoms with Crippen molar-refractivity contribution in [2.45, 2.75) is 32.9 Å². The third-order valence-corrected chi connectivity index (χ3v) is 7.28. The number of aryl methyl sites for hydroxylation is 3. The maximum absolute atomic E-state index is 14.1. The molecule has 5 nitrogen and oxygen atoms in total. The normalized spacial score (nSPS) is 16.4. The molecule has 188 valence electrons. The number of carbonyl (C=O) groups is 2. The number of nitrogens with zero attached hydrogens (tertiary/aromatic N) is 1. The summed E-state index contributed by atoms with van der Waals surface area (Å²) < 4.78 is 8.42. The number of ketones is 1. The Morgan fingerprint density at radius 2 is 1.55 bits per heavy atom. The molecule has 0 saturated carbocycles. The van der Waals surface area contributed by atoms with Crippen LogP contribution in [0.15, 0.2) is 91.1 Å². The summed E-state index contributed by atoms with van der Waals surface area (Å²) in [4.78, 5) is 26.6. The van der Waals surface area contributed by atoms with Crippen molar-refractivity contribution < 1.29 is 14.3 Å². The number of aldehydes is 1. The first kappa shape index (κ1) is 23.7. The van der Waals surface area contributed by atoms with Crippen molar-refractivity contribution in [1.82, 2.24) is 4.40 Å². The number of Topliss-reactive ketones (excluding diaryl/α,β-unsaturated/α-hetero) is 1. The fraction of sp³-hybridized carbons (Fsp3) is 0.152. The Morgan fingerprint density at radius 1 is 0.868 bits per heavy atom. The Bertz CT molecular complexity index is 1680. The maximum atomic E-state index is 14.1. The Hall–Kier alpha value is -4.64. The van der Waals surface area contributed by atoms with E-state index in [-0.39, 0.29) is 5.78 Å². The van der Waals surface area contributed by atoms with Crippen molar-refractivity contribution in [3.63, 3.8) is 0 Å². The molecule has 3 heterocycles. The minimum Gasteiger partial charge on any atom is -0.478 e. The molecule has 0 bridgehead atoms. The van der Waals surface area contributed by atoms with Gasteiger partial charge >= 0.3 is 0 Å². The lowest BCUT2D eigenvalue weighted by molar-refractivity contribution is 0.0746. The molecule has 1 aliphatic rings. The summed E-state index contributed by atoms with van der Waals surface area (Å²) in [5.41, 5.74) is 8.60. The predicted octanol–water partition coefficient (Wildman–Crippen LogP) is 7.14. The Kier molecular flexibility index (Phi) is 5.84. The van der Waals surface area contributed by atoms with Crippen LogP contribution in [0.5, 0.6) is 5.75 Å². The van der Waals surface area contributed by atoms with Crippen LogP contribution in [0, 0.1) is 20.8 Å². The molecule has 3 aromatic carbocycles. The van der Waals surface area contributed by atoms with Gasteiger partial charge in [0.1, 0.15) is 5.75 Å². The molecule has 5 heteroatoms. The number of fused-ring (bicyclic) bond motifs is 2. The van der Waals surface area contributed by atoms with Crippen LogP contribution >= 0.6 is 0 Å². The summed E-state index contributed by atoms with van der Waals surface area (Å²) >= 11 is 0. The number of anilines is 1. The molecule has 0 aliphatic carbocycles. The third-order valence-electron chi connectivity index (χ3n) is 7.28. The molecule has 1 aliphatic heterocycles. The van der Waals surface area contributed by atoms with Crippen molar-refractivity contribution in [2.24, 2.45) is 0 Å². The third kappa shape index (κ3) is 3.97.